The smallest absolute Gasteiger partial charge is 0.0715 e. The first-order valence-electron chi connectivity index (χ1n) is 6.50. The van der Waals surface area contributed by atoms with E-state index < -0.39 is 5.60 Å². The lowest BCUT2D eigenvalue weighted by molar-refractivity contribution is 0.0770. The highest BCUT2D eigenvalue weighted by Crippen LogP contribution is 2.24. The zero-order chi connectivity index (χ0) is 13.8. The first-order valence-corrected chi connectivity index (χ1v) is 7.38. The van der Waals surface area contributed by atoms with Gasteiger partial charge in [-0.2, -0.15) is 0 Å². The summed E-state index contributed by atoms with van der Waals surface area (Å²) in [6, 6.07) is 8.92. The molecular formula is C15H25NOS. The number of hydrogen-bond acceptors (Lipinski definition) is 3. The molecule has 2 nitrogen and oxygen atoms in total. The van der Waals surface area contributed by atoms with Gasteiger partial charge < -0.3 is 10.4 Å². The highest BCUT2D eigenvalue weighted by molar-refractivity contribution is 7.99. The van der Waals surface area contributed by atoms with Crippen molar-refractivity contribution < 1.29 is 5.11 Å². The zero-order valence-electron chi connectivity index (χ0n) is 12.0. The summed E-state index contributed by atoms with van der Waals surface area (Å²) < 4.78 is 0. The normalized spacial score (nSPS) is 13.9. The van der Waals surface area contributed by atoms with E-state index in [1.165, 1.54) is 10.5 Å². The predicted molar refractivity (Wildman–Crippen MR) is 80.2 cm³/mol. The summed E-state index contributed by atoms with van der Waals surface area (Å²) in [6.07, 6.45) is 0. The molecule has 2 N–H and O–H groups in total. The highest BCUT2D eigenvalue weighted by atomic mass is 32.2. The maximum Gasteiger partial charge on any atom is 0.0715 e. The second kappa shape index (κ2) is 6.60. The van der Waals surface area contributed by atoms with Crippen LogP contribution in [-0.4, -0.2) is 22.5 Å². The van der Waals surface area contributed by atoms with Gasteiger partial charge in [0.2, 0.25) is 0 Å². The van der Waals surface area contributed by atoms with Crippen LogP contribution in [0.3, 0.4) is 0 Å². The van der Waals surface area contributed by atoms with E-state index in [1.54, 1.807) is 0 Å². The summed E-state index contributed by atoms with van der Waals surface area (Å²) in [5.41, 5.74) is 0.592. The van der Waals surface area contributed by atoms with Crippen molar-refractivity contribution >= 4 is 11.8 Å². The van der Waals surface area contributed by atoms with Crippen molar-refractivity contribution in [2.45, 2.75) is 56.4 Å². The molecule has 1 aromatic rings. The van der Waals surface area contributed by atoms with Gasteiger partial charge in [-0.3, -0.25) is 0 Å². The summed E-state index contributed by atoms with van der Waals surface area (Å²) in [5, 5.41) is 13.6. The third-order valence-electron chi connectivity index (χ3n) is 2.59. The standard InChI is InChI=1S/C15H25NOS/c1-11(2)18-14-8-6-13(7-9-14)12(3)16-10-15(4,5)17/h6-9,11-12,16-17H,10H2,1-5H3. The molecule has 0 fully saturated rings. The van der Waals surface area contributed by atoms with Crippen LogP contribution in [0.15, 0.2) is 29.2 Å². The van der Waals surface area contributed by atoms with Crippen molar-refractivity contribution in [3.05, 3.63) is 29.8 Å². The number of aliphatic hydroxyl groups is 1. The number of rotatable bonds is 6. The maximum absolute atomic E-state index is 9.69. The van der Waals surface area contributed by atoms with Gasteiger partial charge in [0.15, 0.2) is 0 Å². The van der Waals surface area contributed by atoms with Crippen LogP contribution in [0.5, 0.6) is 0 Å². The molecule has 18 heavy (non-hydrogen) atoms. The Morgan fingerprint density at radius 2 is 1.72 bits per heavy atom. The van der Waals surface area contributed by atoms with Crippen LogP contribution in [0, 0.1) is 0 Å². The largest absolute Gasteiger partial charge is 0.389 e. The van der Waals surface area contributed by atoms with Crippen LogP contribution < -0.4 is 5.32 Å². The molecule has 0 bridgehead atoms. The third kappa shape index (κ3) is 5.89. The molecule has 0 aromatic heterocycles. The van der Waals surface area contributed by atoms with Gasteiger partial charge in [0.05, 0.1) is 5.60 Å². The average molecular weight is 267 g/mol. The molecule has 0 saturated carbocycles. The highest BCUT2D eigenvalue weighted by Gasteiger charge is 2.14. The van der Waals surface area contributed by atoms with Crippen molar-refractivity contribution in [3.8, 4) is 0 Å². The first kappa shape index (κ1) is 15.5. The fourth-order valence-electron chi connectivity index (χ4n) is 1.63. The third-order valence-corrected chi connectivity index (χ3v) is 3.61. The molecule has 0 radical (unpaired) electrons. The quantitative estimate of drug-likeness (QED) is 0.772. The Bertz CT molecular complexity index is 354. The van der Waals surface area contributed by atoms with E-state index in [9.17, 15) is 5.11 Å². The summed E-state index contributed by atoms with van der Waals surface area (Å²) in [5.74, 6) is 0. The van der Waals surface area contributed by atoms with E-state index in [2.05, 4.69) is 50.4 Å². The molecule has 1 rings (SSSR count). The molecule has 0 spiro atoms. The Balaban J connectivity index is 2.56. The summed E-state index contributed by atoms with van der Waals surface area (Å²) in [4.78, 5) is 1.31. The number of hydrogen-bond donors (Lipinski definition) is 2. The lowest BCUT2D eigenvalue weighted by Gasteiger charge is -2.22. The maximum atomic E-state index is 9.69. The van der Waals surface area contributed by atoms with Crippen molar-refractivity contribution in [2.75, 3.05) is 6.54 Å². The van der Waals surface area contributed by atoms with Gasteiger partial charge in [0, 0.05) is 22.7 Å². The molecule has 102 valence electrons. The SMILES string of the molecule is CC(C)Sc1ccc(C(C)NCC(C)(C)O)cc1. The second-order valence-electron chi connectivity index (χ2n) is 5.65. The molecule has 1 aromatic carbocycles. The van der Waals surface area contributed by atoms with Crippen molar-refractivity contribution in [1.82, 2.24) is 5.32 Å². The minimum absolute atomic E-state index is 0.259. The van der Waals surface area contributed by atoms with Crippen molar-refractivity contribution in [1.29, 1.82) is 0 Å². The Hall–Kier alpha value is -0.510. The van der Waals surface area contributed by atoms with Crippen LogP contribution in [0.2, 0.25) is 0 Å². The second-order valence-corrected chi connectivity index (χ2v) is 7.30. The number of nitrogens with one attached hydrogen (secondary N) is 1. The minimum atomic E-state index is -0.665. The van der Waals surface area contributed by atoms with E-state index in [4.69, 9.17) is 0 Å². The Labute approximate surface area is 115 Å². The molecule has 3 heteroatoms. The van der Waals surface area contributed by atoms with Crippen molar-refractivity contribution in [3.63, 3.8) is 0 Å². The number of thioether (sulfide) groups is 1. The fraction of sp³-hybridized carbons (Fsp3) is 0.600. The molecule has 0 aliphatic carbocycles. The molecule has 0 heterocycles. The van der Waals surface area contributed by atoms with Gasteiger partial charge in [-0.15, -0.1) is 11.8 Å². The molecule has 0 amide bonds. The van der Waals surface area contributed by atoms with Gasteiger partial charge in [0.25, 0.3) is 0 Å². The van der Waals surface area contributed by atoms with Crippen molar-refractivity contribution in [2.24, 2.45) is 0 Å². The van der Waals surface area contributed by atoms with Gasteiger partial charge in [0.1, 0.15) is 0 Å². The van der Waals surface area contributed by atoms with E-state index in [1.807, 2.05) is 25.6 Å². The van der Waals surface area contributed by atoms with Gasteiger partial charge in [-0.05, 0) is 38.5 Å². The lowest BCUT2D eigenvalue weighted by Crippen LogP contribution is -2.36. The van der Waals surface area contributed by atoms with Crippen LogP contribution in [0.4, 0.5) is 0 Å². The van der Waals surface area contributed by atoms with E-state index in [0.717, 1.165) is 0 Å². The van der Waals surface area contributed by atoms with Crippen LogP contribution in [-0.2, 0) is 0 Å². The Morgan fingerprint density at radius 1 is 1.17 bits per heavy atom. The average Bonchev–Trinajstić information content (AvgIpc) is 2.25. The molecule has 0 aliphatic rings. The fourth-order valence-corrected chi connectivity index (χ4v) is 2.47. The molecular weight excluding hydrogens is 242 g/mol. The monoisotopic (exact) mass is 267 g/mol. The summed E-state index contributed by atoms with van der Waals surface area (Å²) in [7, 11) is 0. The summed E-state index contributed by atoms with van der Waals surface area (Å²) in [6.45, 7) is 10.7. The first-order chi connectivity index (χ1) is 8.28. The van der Waals surface area contributed by atoms with Gasteiger partial charge >= 0.3 is 0 Å². The molecule has 1 atom stereocenters. The molecule has 1 unspecified atom stereocenters. The van der Waals surface area contributed by atoms with E-state index >= 15 is 0 Å². The Kier molecular flexibility index (Phi) is 5.70. The zero-order valence-corrected chi connectivity index (χ0v) is 12.8. The van der Waals surface area contributed by atoms with Crippen LogP contribution in [0.25, 0.3) is 0 Å². The predicted octanol–water partition coefficient (Wildman–Crippen LogP) is 3.61. The lowest BCUT2D eigenvalue weighted by atomic mass is 10.1. The Morgan fingerprint density at radius 3 is 2.17 bits per heavy atom. The topological polar surface area (TPSA) is 32.3 Å². The van der Waals surface area contributed by atoms with E-state index in [0.29, 0.717) is 11.8 Å². The van der Waals surface area contributed by atoms with E-state index in [-0.39, 0.29) is 6.04 Å². The molecule has 0 aliphatic heterocycles. The number of benzene rings is 1. The molecule has 0 saturated heterocycles. The van der Waals surface area contributed by atoms with Gasteiger partial charge in [-0.25, -0.2) is 0 Å². The minimum Gasteiger partial charge on any atom is -0.389 e. The van der Waals surface area contributed by atoms with Crippen LogP contribution >= 0.6 is 11.8 Å². The van der Waals surface area contributed by atoms with Gasteiger partial charge in [-0.1, -0.05) is 26.0 Å². The van der Waals surface area contributed by atoms with Crippen LogP contribution in [0.1, 0.15) is 46.2 Å². The summed E-state index contributed by atoms with van der Waals surface area (Å²) >= 11 is 1.88.